The van der Waals surface area contributed by atoms with Crippen molar-refractivity contribution in [1.29, 1.82) is 0 Å². The first-order valence-electron chi connectivity index (χ1n) is 10.7. The fourth-order valence-corrected chi connectivity index (χ4v) is 4.87. The molecule has 0 saturated carbocycles. The average molecular weight is 489 g/mol. The second kappa shape index (κ2) is 8.90. The molecule has 3 aromatic rings. The molecule has 3 heterocycles. The van der Waals surface area contributed by atoms with Gasteiger partial charge in [-0.3, -0.25) is 18.7 Å². The third-order valence-electron chi connectivity index (χ3n) is 6.21. The Kier molecular flexibility index (Phi) is 6.13. The van der Waals surface area contributed by atoms with Crippen LogP contribution in [0.25, 0.3) is 11.0 Å². The van der Waals surface area contributed by atoms with Crippen LogP contribution in [0.1, 0.15) is 28.8 Å². The number of hydrogen-bond donors (Lipinski definition) is 3. The molecule has 0 radical (unpaired) electrons. The minimum atomic E-state index is -1.14. The van der Waals surface area contributed by atoms with E-state index in [1.165, 1.54) is 18.7 Å². The Labute approximate surface area is 198 Å². The Balaban J connectivity index is 2.05. The smallest absolute Gasteiger partial charge is 0.404 e. The molecule has 1 atom stereocenters. The number of rotatable bonds is 5. The van der Waals surface area contributed by atoms with Gasteiger partial charge in [-0.05, 0) is 24.5 Å². The fourth-order valence-electron chi connectivity index (χ4n) is 4.67. The van der Waals surface area contributed by atoms with Gasteiger partial charge >= 0.3 is 11.8 Å². The minimum absolute atomic E-state index is 0.0373. The largest absolute Gasteiger partial charge is 0.465 e. The van der Waals surface area contributed by atoms with Crippen LogP contribution in [0, 0.1) is 0 Å². The van der Waals surface area contributed by atoms with Crippen LogP contribution in [0.4, 0.5) is 10.6 Å². The molecule has 2 aromatic heterocycles. The van der Waals surface area contributed by atoms with Gasteiger partial charge in [0, 0.05) is 38.2 Å². The number of nitrogens with two attached hydrogens (primary N) is 1. The molecule has 4 rings (SSSR count). The zero-order valence-corrected chi connectivity index (χ0v) is 19.5. The maximum atomic E-state index is 13.3. The van der Waals surface area contributed by atoms with E-state index in [9.17, 15) is 24.3 Å². The quantitative estimate of drug-likeness (QED) is 0.490. The van der Waals surface area contributed by atoms with Gasteiger partial charge in [-0.2, -0.15) is 0 Å². The van der Waals surface area contributed by atoms with Crippen molar-refractivity contribution in [3.05, 3.63) is 61.3 Å². The molecular formula is C22H25ClN6O5. The summed E-state index contributed by atoms with van der Waals surface area (Å²) in [6.07, 6.45) is 0.128. The van der Waals surface area contributed by atoms with Gasteiger partial charge < -0.3 is 25.6 Å². The molecule has 1 aliphatic heterocycles. The van der Waals surface area contributed by atoms with Gasteiger partial charge in [0.05, 0.1) is 12.1 Å². The maximum Gasteiger partial charge on any atom is 0.404 e. The summed E-state index contributed by atoms with van der Waals surface area (Å²) in [6.45, 7) is 0.907. The summed E-state index contributed by atoms with van der Waals surface area (Å²) in [6, 6.07) is 6.73. The number of primary amides is 1. The standard InChI is InChI=1S/C22H25ClN6O5/c1-26-16-15(18(24)30)19(28-9-5-7-13(11-28)25-21(32)33)29(10-12-6-3-4-8-14(12)23)17(16)20(31)27(2)22(26)34/h3-4,6,8,13,25H,5,7,9-11H2,1-2H3,(H2,24,30)(H,32,33)/t13-/m1/s1. The van der Waals surface area contributed by atoms with Crippen LogP contribution in [0.15, 0.2) is 33.9 Å². The molecule has 0 unspecified atom stereocenters. The number of carbonyl (C=O) groups excluding carboxylic acids is 1. The molecule has 0 bridgehead atoms. The lowest BCUT2D eigenvalue weighted by molar-refractivity contribution is 0.100. The number of piperidine rings is 1. The number of halogens is 1. The summed E-state index contributed by atoms with van der Waals surface area (Å²) in [5, 5.41) is 12.2. The second-order valence-corrected chi connectivity index (χ2v) is 8.79. The Hall–Kier alpha value is -3.73. The highest BCUT2D eigenvalue weighted by Crippen LogP contribution is 2.34. The van der Waals surface area contributed by atoms with E-state index in [2.05, 4.69) is 5.32 Å². The van der Waals surface area contributed by atoms with Gasteiger partial charge in [0.1, 0.15) is 16.9 Å². The number of carbonyl (C=O) groups is 2. The topological polar surface area (TPSA) is 145 Å². The second-order valence-electron chi connectivity index (χ2n) is 8.38. The maximum absolute atomic E-state index is 13.3. The summed E-state index contributed by atoms with van der Waals surface area (Å²) in [5.41, 5.74) is 5.66. The number of hydrogen-bond acceptors (Lipinski definition) is 5. The molecule has 1 aliphatic rings. The first kappa shape index (κ1) is 23.4. The molecule has 4 N–H and O–H groups in total. The molecule has 0 aliphatic carbocycles. The van der Waals surface area contributed by atoms with Crippen molar-refractivity contribution in [2.45, 2.75) is 25.4 Å². The van der Waals surface area contributed by atoms with E-state index in [1.807, 2.05) is 11.0 Å². The number of nitrogens with zero attached hydrogens (tertiary/aromatic N) is 4. The number of amides is 2. The highest BCUT2D eigenvalue weighted by atomic mass is 35.5. The number of carboxylic acid groups (broad SMARTS) is 1. The van der Waals surface area contributed by atoms with Crippen LogP contribution >= 0.6 is 11.6 Å². The Morgan fingerprint density at radius 3 is 2.53 bits per heavy atom. The van der Waals surface area contributed by atoms with Crippen molar-refractivity contribution in [1.82, 2.24) is 19.0 Å². The van der Waals surface area contributed by atoms with Crippen molar-refractivity contribution in [3.8, 4) is 0 Å². The van der Waals surface area contributed by atoms with Crippen molar-refractivity contribution >= 4 is 40.5 Å². The zero-order chi connectivity index (χ0) is 24.7. The molecule has 180 valence electrons. The van der Waals surface area contributed by atoms with Crippen molar-refractivity contribution in [2.75, 3.05) is 18.0 Å². The van der Waals surface area contributed by atoms with Crippen LogP contribution in [-0.4, -0.2) is 49.9 Å². The van der Waals surface area contributed by atoms with Crippen LogP contribution in [0.2, 0.25) is 5.02 Å². The third kappa shape index (κ3) is 3.92. The van der Waals surface area contributed by atoms with E-state index in [0.717, 1.165) is 4.57 Å². The third-order valence-corrected chi connectivity index (χ3v) is 6.58. The number of nitrogens with one attached hydrogen (secondary N) is 1. The number of aryl methyl sites for hydroxylation is 1. The van der Waals surface area contributed by atoms with Gasteiger partial charge in [0.15, 0.2) is 0 Å². The highest BCUT2D eigenvalue weighted by molar-refractivity contribution is 6.31. The summed E-state index contributed by atoms with van der Waals surface area (Å²) >= 11 is 6.41. The monoisotopic (exact) mass is 488 g/mol. The van der Waals surface area contributed by atoms with E-state index in [0.29, 0.717) is 35.8 Å². The van der Waals surface area contributed by atoms with Crippen molar-refractivity contribution in [2.24, 2.45) is 19.8 Å². The number of benzene rings is 1. The summed E-state index contributed by atoms with van der Waals surface area (Å²) < 4.78 is 3.87. The highest BCUT2D eigenvalue weighted by Gasteiger charge is 2.32. The normalized spacial score (nSPS) is 16.1. The molecular weight excluding hydrogens is 464 g/mol. The first-order chi connectivity index (χ1) is 16.1. The first-order valence-corrected chi connectivity index (χ1v) is 11.1. The Morgan fingerprint density at radius 2 is 1.88 bits per heavy atom. The molecule has 0 spiro atoms. The van der Waals surface area contributed by atoms with Gasteiger partial charge in [-0.15, -0.1) is 0 Å². The lowest BCUT2D eigenvalue weighted by Gasteiger charge is -2.35. The Bertz CT molecular complexity index is 1420. The molecule has 2 amide bonds. The van der Waals surface area contributed by atoms with Gasteiger partial charge in [-0.25, -0.2) is 9.59 Å². The van der Waals surface area contributed by atoms with Gasteiger partial charge in [0.25, 0.3) is 11.5 Å². The minimum Gasteiger partial charge on any atom is -0.465 e. The Morgan fingerprint density at radius 1 is 1.18 bits per heavy atom. The number of aromatic nitrogens is 3. The predicted molar refractivity (Wildman–Crippen MR) is 128 cm³/mol. The molecule has 1 saturated heterocycles. The molecule has 1 aromatic carbocycles. The average Bonchev–Trinajstić information content (AvgIpc) is 3.13. The van der Waals surface area contributed by atoms with Gasteiger partial charge in [-0.1, -0.05) is 29.8 Å². The summed E-state index contributed by atoms with van der Waals surface area (Å²) in [4.78, 5) is 51.8. The molecule has 11 nitrogen and oxygen atoms in total. The predicted octanol–water partition coefficient (Wildman–Crippen LogP) is 1.08. The van der Waals surface area contributed by atoms with Crippen LogP contribution in [0.3, 0.4) is 0 Å². The molecule has 34 heavy (non-hydrogen) atoms. The lowest BCUT2D eigenvalue weighted by atomic mass is 10.1. The van der Waals surface area contributed by atoms with Crippen molar-refractivity contribution in [3.63, 3.8) is 0 Å². The number of anilines is 1. The van der Waals surface area contributed by atoms with Crippen LogP contribution in [-0.2, 0) is 20.6 Å². The van der Waals surface area contributed by atoms with Crippen molar-refractivity contribution < 1.29 is 14.7 Å². The zero-order valence-electron chi connectivity index (χ0n) is 18.7. The van der Waals surface area contributed by atoms with E-state index in [4.69, 9.17) is 17.3 Å². The molecule has 12 heteroatoms. The van der Waals surface area contributed by atoms with Gasteiger partial charge in [0.2, 0.25) is 0 Å². The van der Waals surface area contributed by atoms with E-state index in [-0.39, 0.29) is 35.7 Å². The summed E-state index contributed by atoms with van der Waals surface area (Å²) in [7, 11) is 2.85. The SMILES string of the molecule is Cn1c(=O)c2c(c(C(N)=O)c(N3CCC[C@@H](NC(=O)O)C3)n2Cc2ccccc2Cl)n(C)c1=O. The summed E-state index contributed by atoms with van der Waals surface area (Å²) in [5.74, 6) is -0.438. The van der Waals surface area contributed by atoms with Crippen LogP contribution < -0.4 is 27.2 Å². The lowest BCUT2D eigenvalue weighted by Crippen LogP contribution is -2.48. The van der Waals surface area contributed by atoms with E-state index < -0.39 is 23.2 Å². The van der Waals surface area contributed by atoms with Crippen LogP contribution in [0.5, 0.6) is 0 Å². The van der Waals surface area contributed by atoms with E-state index >= 15 is 0 Å². The number of fused-ring (bicyclic) bond motifs is 1. The van der Waals surface area contributed by atoms with E-state index in [1.54, 1.807) is 22.8 Å². The molecule has 1 fully saturated rings. The fraction of sp³-hybridized carbons (Fsp3) is 0.364.